The number of ether oxygens (including phenoxy) is 8. The molecule has 66 heavy (non-hydrogen) atoms. The minimum Gasteiger partial charge on any atom is -0.493 e. The van der Waals surface area contributed by atoms with Gasteiger partial charge >= 0.3 is 11.9 Å². The number of rotatable bonds is 28. The predicted octanol–water partition coefficient (Wildman–Crippen LogP) is 11.2. The van der Waals surface area contributed by atoms with Gasteiger partial charge in [0.05, 0.1) is 51.4 Å². The molecular weight excluding hydrogens is 845 g/mol. The number of nitrogens with zero attached hydrogens (tertiary/aromatic N) is 6. The van der Waals surface area contributed by atoms with Gasteiger partial charge in [-0.3, -0.25) is 9.59 Å². The second-order valence-corrected chi connectivity index (χ2v) is 18.9. The maximum absolute atomic E-state index is 12.3. The summed E-state index contributed by atoms with van der Waals surface area (Å²) in [6.07, 6.45) is 4.97. The number of hydrogen-bond donors (Lipinski definition) is 0. The normalized spacial score (nSPS) is 19.8. The molecule has 16 heteroatoms. The van der Waals surface area contributed by atoms with Crippen LogP contribution < -0.4 is 18.9 Å². The molecule has 2 saturated heterocycles. The van der Waals surface area contributed by atoms with Gasteiger partial charge < -0.3 is 37.9 Å². The average molecular weight is 923 g/mol. The summed E-state index contributed by atoms with van der Waals surface area (Å²) in [6.45, 7) is 19.1. The number of cyclic esters (lactones) is 2. The Morgan fingerprint density at radius 3 is 1.26 bits per heavy atom. The highest BCUT2D eigenvalue weighted by atomic mass is 16.6. The van der Waals surface area contributed by atoms with E-state index in [1.54, 1.807) is 28.4 Å². The molecule has 4 rings (SSSR count). The minimum atomic E-state index is -0.377. The number of carbonyl (C=O) groups is 2. The lowest BCUT2D eigenvalue weighted by Crippen LogP contribution is -2.29. The standard InChI is InChI=1S/2C25H39N3O5/c2*1-16(2)19(14-21(27-28-26)23-15-20(17(3)4)25(29)33-23)12-18-8-9-22(31-6)24(13-18)32-11-7-10-30-5/h2*8-9,13,16-17,19-21,23H,7,10-12,14-15H2,1-6H3/t19-,20-,21?,23?;19-,20-,21-,23?/m00/s1. The molecule has 0 saturated carbocycles. The van der Waals surface area contributed by atoms with E-state index in [0.29, 0.717) is 86.9 Å². The topological polar surface area (TPSA) is 205 Å². The van der Waals surface area contributed by atoms with Gasteiger partial charge in [-0.15, -0.1) is 0 Å². The summed E-state index contributed by atoms with van der Waals surface area (Å²) in [4.78, 5) is 30.7. The van der Waals surface area contributed by atoms with Crippen LogP contribution in [0, 0.1) is 47.3 Å². The number of carbonyl (C=O) groups excluding carboxylic acids is 2. The lowest BCUT2D eigenvalue weighted by molar-refractivity contribution is -0.146. The molecule has 0 bridgehead atoms. The van der Waals surface area contributed by atoms with Crippen molar-refractivity contribution in [3.05, 3.63) is 68.4 Å². The SMILES string of the molecule is COCCCOc1cc(C[C@@H](CC(N=[N+]=[N-])C2C[C@@H](C(C)C)C(=O)O2)C(C)C)ccc1OC.COCCCOc1cc(C[C@@H](C[C@H](N=[N+]=[N-])C2C[C@@H](C(C)C)C(=O)O2)C(C)C)ccc1OC. The smallest absolute Gasteiger partial charge is 0.309 e. The Bertz CT molecular complexity index is 1750. The van der Waals surface area contributed by atoms with Crippen LogP contribution in [0.2, 0.25) is 0 Å². The molecule has 8 atom stereocenters. The quantitative estimate of drug-likeness (QED) is 0.0259. The zero-order valence-electron chi connectivity index (χ0n) is 41.6. The van der Waals surface area contributed by atoms with Crippen LogP contribution in [-0.2, 0) is 41.4 Å². The van der Waals surface area contributed by atoms with E-state index in [-0.39, 0.29) is 71.7 Å². The summed E-state index contributed by atoms with van der Waals surface area (Å²) < 4.78 is 44.2. The maximum Gasteiger partial charge on any atom is 0.309 e. The van der Waals surface area contributed by atoms with Crippen molar-refractivity contribution in [1.82, 2.24) is 0 Å². The monoisotopic (exact) mass is 923 g/mol. The number of benzene rings is 2. The molecule has 3 unspecified atom stereocenters. The van der Waals surface area contributed by atoms with Crippen molar-refractivity contribution < 1.29 is 47.5 Å². The van der Waals surface area contributed by atoms with Gasteiger partial charge in [0.15, 0.2) is 23.0 Å². The zero-order valence-corrected chi connectivity index (χ0v) is 41.6. The lowest BCUT2D eigenvalue weighted by atomic mass is 9.82. The van der Waals surface area contributed by atoms with E-state index in [1.165, 1.54) is 0 Å². The minimum absolute atomic E-state index is 0.136. The Labute approximate surface area is 393 Å². The molecule has 2 fully saturated rings. The molecule has 0 aromatic heterocycles. The van der Waals surface area contributed by atoms with Gasteiger partial charge in [-0.05, 0) is 120 Å². The Hall–Kier alpha value is -4.88. The molecule has 2 aliphatic rings. The molecule has 2 aliphatic heterocycles. The first-order valence-electron chi connectivity index (χ1n) is 23.7. The first kappa shape index (κ1) is 55.4. The van der Waals surface area contributed by atoms with Crippen molar-refractivity contribution in [3.63, 3.8) is 0 Å². The van der Waals surface area contributed by atoms with Crippen molar-refractivity contribution in [2.75, 3.05) is 54.9 Å². The molecule has 0 aliphatic carbocycles. The molecule has 2 aromatic rings. The highest BCUT2D eigenvalue weighted by Crippen LogP contribution is 2.38. The third-order valence-electron chi connectivity index (χ3n) is 12.9. The second kappa shape index (κ2) is 29.0. The van der Waals surface area contributed by atoms with Gasteiger partial charge in [0.1, 0.15) is 12.2 Å². The number of esters is 2. The van der Waals surface area contributed by atoms with Gasteiger partial charge in [0.2, 0.25) is 0 Å². The summed E-state index contributed by atoms with van der Waals surface area (Å²) >= 11 is 0. The lowest BCUT2D eigenvalue weighted by Gasteiger charge is -2.27. The van der Waals surface area contributed by atoms with Crippen LogP contribution in [0.3, 0.4) is 0 Å². The van der Waals surface area contributed by atoms with E-state index >= 15 is 0 Å². The van der Waals surface area contributed by atoms with Gasteiger partial charge in [-0.1, -0.05) is 77.8 Å². The van der Waals surface area contributed by atoms with Crippen molar-refractivity contribution in [1.29, 1.82) is 0 Å². The first-order chi connectivity index (χ1) is 31.6. The van der Waals surface area contributed by atoms with E-state index in [4.69, 9.17) is 37.9 Å². The van der Waals surface area contributed by atoms with Gasteiger partial charge in [0, 0.05) is 50.1 Å². The summed E-state index contributed by atoms with van der Waals surface area (Å²) in [5.41, 5.74) is 20.6. The molecule has 0 radical (unpaired) electrons. The Morgan fingerprint density at radius 1 is 0.591 bits per heavy atom. The fourth-order valence-electron chi connectivity index (χ4n) is 8.60. The summed E-state index contributed by atoms with van der Waals surface area (Å²) in [5.74, 6) is 3.79. The number of hydrogen-bond acceptors (Lipinski definition) is 12. The van der Waals surface area contributed by atoms with E-state index in [1.807, 2.05) is 64.1 Å². The maximum atomic E-state index is 12.3. The molecule has 368 valence electrons. The molecule has 2 heterocycles. The highest BCUT2D eigenvalue weighted by molar-refractivity contribution is 5.75. The van der Waals surface area contributed by atoms with Gasteiger partial charge in [-0.25, -0.2) is 0 Å². The summed E-state index contributed by atoms with van der Waals surface area (Å²) in [7, 11) is 6.61. The summed E-state index contributed by atoms with van der Waals surface area (Å²) in [5, 5.41) is 8.10. The van der Waals surface area contributed by atoms with Gasteiger partial charge in [0.25, 0.3) is 0 Å². The van der Waals surface area contributed by atoms with Gasteiger partial charge in [-0.2, -0.15) is 0 Å². The van der Waals surface area contributed by atoms with Crippen LogP contribution in [-0.4, -0.2) is 91.1 Å². The van der Waals surface area contributed by atoms with Crippen LogP contribution in [0.25, 0.3) is 20.9 Å². The fraction of sp³-hybridized carbons (Fsp3) is 0.720. The molecule has 0 amide bonds. The predicted molar refractivity (Wildman–Crippen MR) is 255 cm³/mol. The van der Waals surface area contributed by atoms with Crippen LogP contribution in [0.4, 0.5) is 0 Å². The molecule has 0 spiro atoms. The van der Waals surface area contributed by atoms with Crippen LogP contribution in [0.1, 0.15) is 105 Å². The molecule has 0 N–H and O–H groups in total. The number of methoxy groups -OCH3 is 4. The van der Waals surface area contributed by atoms with E-state index in [2.05, 4.69) is 47.7 Å². The second-order valence-electron chi connectivity index (χ2n) is 18.9. The Balaban J connectivity index is 0.000000350. The molecule has 2 aromatic carbocycles. The molecular formula is C50H78N6O10. The average Bonchev–Trinajstić information content (AvgIpc) is 3.88. The Morgan fingerprint density at radius 2 is 0.970 bits per heavy atom. The van der Waals surface area contributed by atoms with Crippen molar-refractivity contribution >= 4 is 11.9 Å². The Kier molecular flexibility index (Phi) is 24.4. The van der Waals surface area contributed by atoms with E-state index < -0.39 is 0 Å². The number of azide groups is 2. The van der Waals surface area contributed by atoms with Crippen LogP contribution >= 0.6 is 0 Å². The first-order valence-corrected chi connectivity index (χ1v) is 23.7. The zero-order chi connectivity index (χ0) is 48.8. The summed E-state index contributed by atoms with van der Waals surface area (Å²) in [6, 6.07) is 11.2. The highest BCUT2D eigenvalue weighted by Gasteiger charge is 2.42. The van der Waals surface area contributed by atoms with Crippen molar-refractivity contribution in [2.24, 2.45) is 57.6 Å². The molecule has 16 nitrogen and oxygen atoms in total. The third-order valence-corrected chi connectivity index (χ3v) is 12.9. The van der Waals surface area contributed by atoms with Crippen molar-refractivity contribution in [3.8, 4) is 23.0 Å². The van der Waals surface area contributed by atoms with E-state index in [9.17, 15) is 20.7 Å². The van der Waals surface area contributed by atoms with Crippen LogP contribution in [0.15, 0.2) is 46.6 Å². The van der Waals surface area contributed by atoms with E-state index in [0.717, 1.165) is 36.8 Å². The van der Waals surface area contributed by atoms with Crippen molar-refractivity contribution in [2.45, 2.75) is 131 Å². The van der Waals surface area contributed by atoms with Crippen LogP contribution in [0.5, 0.6) is 23.0 Å². The largest absolute Gasteiger partial charge is 0.493 e. The third kappa shape index (κ3) is 17.4. The fourth-order valence-corrected chi connectivity index (χ4v) is 8.60.